The molecule has 0 bridgehead atoms. The van der Waals surface area contributed by atoms with E-state index in [1.165, 1.54) is 13.2 Å². The number of carboxylic acid groups (broad SMARTS) is 1. The Morgan fingerprint density at radius 2 is 1.93 bits per heavy atom. The number of anilines is 1. The molecule has 13 nitrogen and oxygen atoms in total. The quantitative estimate of drug-likeness (QED) is 0.297. The van der Waals surface area contributed by atoms with Crippen LogP contribution in [0, 0.1) is 5.82 Å². The number of benzene rings is 1. The molecule has 0 radical (unpaired) electrons. The largest absolute Gasteiger partial charge is 0.493 e. The third-order valence-electron chi connectivity index (χ3n) is 6.99. The number of carboxylic acids is 1. The van der Waals surface area contributed by atoms with Crippen LogP contribution < -0.4 is 20.9 Å². The zero-order chi connectivity index (χ0) is 31.6. The second-order valence-corrected chi connectivity index (χ2v) is 11.3. The second-order valence-electron chi connectivity index (χ2n) is 11.3. The number of fused-ring (bicyclic) bond motifs is 3. The van der Waals surface area contributed by atoms with Crippen LogP contribution in [0.1, 0.15) is 73.5 Å². The minimum atomic E-state index is -1.35. The Hall–Kier alpha value is -4.62. The Kier molecular flexibility index (Phi) is 8.97. The molecule has 0 fully saturated rings. The van der Waals surface area contributed by atoms with E-state index in [-0.39, 0.29) is 58.8 Å². The first kappa shape index (κ1) is 31.3. The fourth-order valence-corrected chi connectivity index (χ4v) is 5.16. The molecule has 2 aromatic heterocycles. The number of alkyl carbamates (subject to hydrolysis) is 1. The number of likely N-dealkylation sites (N-methyl/N-ethyl adjacent to an activating group) is 1. The smallest absolute Gasteiger partial charge is 0.407 e. The van der Waals surface area contributed by atoms with Gasteiger partial charge in [-0.15, -0.1) is 5.10 Å². The number of carbonyl (C=O) groups excluding carboxylic acids is 2. The molecule has 0 aliphatic carbocycles. The Morgan fingerprint density at radius 1 is 1.21 bits per heavy atom. The van der Waals surface area contributed by atoms with Crippen LogP contribution in [0.2, 0.25) is 0 Å². The van der Waals surface area contributed by atoms with E-state index >= 15 is 0 Å². The van der Waals surface area contributed by atoms with E-state index in [1.807, 2.05) is 13.8 Å². The summed E-state index contributed by atoms with van der Waals surface area (Å²) < 4.78 is 27.6. The lowest BCUT2D eigenvalue weighted by molar-refractivity contribution is 0.0526. The minimum Gasteiger partial charge on any atom is -0.493 e. The van der Waals surface area contributed by atoms with Gasteiger partial charge < -0.3 is 34.7 Å². The van der Waals surface area contributed by atoms with E-state index in [9.17, 15) is 28.7 Å². The number of aromatic nitrogens is 3. The molecule has 3 heterocycles. The van der Waals surface area contributed by atoms with Crippen molar-refractivity contribution in [1.29, 1.82) is 0 Å². The number of rotatable bonds is 10. The maximum Gasteiger partial charge on any atom is 0.407 e. The summed E-state index contributed by atoms with van der Waals surface area (Å²) in [6.07, 6.45) is -0.0841. The van der Waals surface area contributed by atoms with Crippen molar-refractivity contribution in [2.24, 2.45) is 0 Å². The van der Waals surface area contributed by atoms with Crippen molar-refractivity contribution in [2.75, 3.05) is 38.6 Å². The Morgan fingerprint density at radius 3 is 2.56 bits per heavy atom. The number of hydrogen-bond acceptors (Lipinski definition) is 8. The third-order valence-corrected chi connectivity index (χ3v) is 6.99. The number of amides is 2. The van der Waals surface area contributed by atoms with E-state index in [2.05, 4.69) is 15.7 Å². The molecule has 43 heavy (non-hydrogen) atoms. The molecule has 3 aromatic rings. The van der Waals surface area contributed by atoms with Crippen LogP contribution in [-0.4, -0.2) is 81.2 Å². The molecule has 14 heteroatoms. The Balaban J connectivity index is 1.79. The monoisotopic (exact) mass is 600 g/mol. The summed E-state index contributed by atoms with van der Waals surface area (Å²) in [5, 5.41) is 20.2. The number of nitrogens with zero attached hydrogens (tertiary/aromatic N) is 4. The molecule has 0 unspecified atom stereocenters. The van der Waals surface area contributed by atoms with E-state index in [1.54, 1.807) is 30.2 Å². The number of nitrogens with one attached hydrogen (secondary N) is 2. The first-order valence-corrected chi connectivity index (χ1v) is 14.0. The van der Waals surface area contributed by atoms with Gasteiger partial charge in [0.25, 0.3) is 11.5 Å². The van der Waals surface area contributed by atoms with Gasteiger partial charge in [0.1, 0.15) is 22.3 Å². The van der Waals surface area contributed by atoms with Gasteiger partial charge in [-0.2, -0.15) is 0 Å². The zero-order valence-corrected chi connectivity index (χ0v) is 25.1. The number of halogens is 1. The molecular weight excluding hydrogens is 563 g/mol. The summed E-state index contributed by atoms with van der Waals surface area (Å²) in [6, 6.07) is 3.06. The molecule has 3 N–H and O–H groups in total. The van der Waals surface area contributed by atoms with Crippen LogP contribution in [0.4, 0.5) is 15.0 Å². The molecule has 0 saturated heterocycles. The second kappa shape index (κ2) is 12.3. The average Bonchev–Trinajstić information content (AvgIpc) is 3.29. The van der Waals surface area contributed by atoms with Crippen LogP contribution in [0.3, 0.4) is 0 Å². The molecule has 232 valence electrons. The first-order chi connectivity index (χ1) is 20.3. The first-order valence-electron chi connectivity index (χ1n) is 14.0. The van der Waals surface area contributed by atoms with E-state index in [4.69, 9.17) is 9.47 Å². The highest BCUT2D eigenvalue weighted by Crippen LogP contribution is 2.39. The molecule has 1 aliphatic heterocycles. The van der Waals surface area contributed by atoms with Crippen molar-refractivity contribution >= 4 is 34.7 Å². The van der Waals surface area contributed by atoms with Crippen LogP contribution in [0.15, 0.2) is 23.0 Å². The van der Waals surface area contributed by atoms with Crippen molar-refractivity contribution in [3.63, 3.8) is 0 Å². The predicted molar refractivity (Wildman–Crippen MR) is 157 cm³/mol. The van der Waals surface area contributed by atoms with Gasteiger partial charge in [0.2, 0.25) is 0 Å². The van der Waals surface area contributed by atoms with Crippen molar-refractivity contribution in [3.8, 4) is 5.75 Å². The van der Waals surface area contributed by atoms with Crippen molar-refractivity contribution in [2.45, 2.75) is 59.2 Å². The third kappa shape index (κ3) is 6.42. The maximum atomic E-state index is 13.9. The number of ether oxygens (including phenoxy) is 2. The van der Waals surface area contributed by atoms with Gasteiger partial charge in [-0.1, -0.05) is 6.07 Å². The topological polar surface area (TPSA) is 157 Å². The molecule has 1 aromatic carbocycles. The Labute approximate surface area is 247 Å². The van der Waals surface area contributed by atoms with Crippen LogP contribution in [-0.2, 0) is 11.3 Å². The standard InChI is InChI=1S/C29H37FN6O7/c1-7-34-14-16(2)36-21-20(23(42-6)22(36)26(34)38)25(37)35(15-17-9-10-18(30)13-19(17)27(39)40)33-24(21)31-11-8-12-32-28(41)43-29(3,4)5/h9-10,13,16H,7-8,11-12,14-15H2,1-6H3,(H,31,33)(H,32,41)(H,39,40)/t16-/m0/s1. The van der Waals surface area contributed by atoms with Gasteiger partial charge in [0, 0.05) is 32.2 Å². The van der Waals surface area contributed by atoms with Gasteiger partial charge in [0.05, 0.1) is 19.2 Å². The molecule has 1 atom stereocenters. The van der Waals surface area contributed by atoms with Crippen molar-refractivity contribution in [1.82, 2.24) is 24.6 Å². The van der Waals surface area contributed by atoms with E-state index in [0.29, 0.717) is 31.6 Å². The average molecular weight is 601 g/mol. The molecule has 1 aliphatic rings. The lowest BCUT2D eigenvalue weighted by Crippen LogP contribution is -2.42. The van der Waals surface area contributed by atoms with E-state index in [0.717, 1.165) is 16.8 Å². The van der Waals surface area contributed by atoms with Crippen molar-refractivity contribution < 1.29 is 33.4 Å². The number of hydrogen-bond donors (Lipinski definition) is 3. The Bertz CT molecular complexity index is 1620. The SMILES string of the molecule is CCN1C[C@H](C)n2c(c(OC)c3c(=O)n(Cc4ccc(F)cc4C(=O)O)nc(NCCCNC(=O)OC(C)(C)C)c32)C1=O. The fraction of sp³-hybridized carbons (Fsp3) is 0.483. The van der Waals surface area contributed by atoms with Gasteiger partial charge in [0.15, 0.2) is 17.3 Å². The van der Waals surface area contributed by atoms with Gasteiger partial charge in [-0.3, -0.25) is 9.59 Å². The molecule has 0 spiro atoms. The molecular formula is C29H37FN6O7. The highest BCUT2D eigenvalue weighted by molar-refractivity contribution is 6.07. The highest BCUT2D eigenvalue weighted by Gasteiger charge is 2.37. The normalized spacial score (nSPS) is 14.9. The summed E-state index contributed by atoms with van der Waals surface area (Å²) >= 11 is 0. The minimum absolute atomic E-state index is 0.0957. The summed E-state index contributed by atoms with van der Waals surface area (Å²) in [5.74, 6) is -2.01. The molecule has 0 saturated carbocycles. The van der Waals surface area contributed by atoms with Crippen LogP contribution in [0.5, 0.6) is 5.75 Å². The maximum absolute atomic E-state index is 13.9. The predicted octanol–water partition coefficient (Wildman–Crippen LogP) is 3.46. The number of methoxy groups -OCH3 is 1. The molecule has 2 amide bonds. The lowest BCUT2D eigenvalue weighted by Gasteiger charge is -2.32. The lowest BCUT2D eigenvalue weighted by atomic mass is 10.1. The van der Waals surface area contributed by atoms with Crippen LogP contribution >= 0.6 is 0 Å². The number of carbonyl (C=O) groups is 3. The van der Waals surface area contributed by atoms with Gasteiger partial charge in [-0.05, 0) is 58.7 Å². The summed E-state index contributed by atoms with van der Waals surface area (Å²) in [7, 11) is 1.38. The van der Waals surface area contributed by atoms with Crippen molar-refractivity contribution in [3.05, 3.63) is 51.2 Å². The number of aromatic carboxylic acids is 1. The fourth-order valence-electron chi connectivity index (χ4n) is 5.16. The highest BCUT2D eigenvalue weighted by atomic mass is 19.1. The zero-order valence-electron chi connectivity index (χ0n) is 25.1. The summed E-state index contributed by atoms with van der Waals surface area (Å²) in [4.78, 5) is 52.9. The summed E-state index contributed by atoms with van der Waals surface area (Å²) in [5.41, 5.74) is -0.776. The van der Waals surface area contributed by atoms with Gasteiger partial charge in [-0.25, -0.2) is 18.7 Å². The molecule has 4 rings (SSSR count). The van der Waals surface area contributed by atoms with E-state index < -0.39 is 29.0 Å². The van der Waals surface area contributed by atoms with Crippen LogP contribution in [0.25, 0.3) is 10.9 Å². The summed E-state index contributed by atoms with van der Waals surface area (Å²) in [6.45, 7) is 10.3. The van der Waals surface area contributed by atoms with Gasteiger partial charge >= 0.3 is 12.1 Å².